The second kappa shape index (κ2) is 5.65. The summed E-state index contributed by atoms with van der Waals surface area (Å²) in [6.07, 6.45) is 0.613. The van der Waals surface area contributed by atoms with Gasteiger partial charge in [-0.1, -0.05) is 41.1 Å². The molecular formula is C13H19BrN2O. The number of nitrogens with two attached hydrogens (primary N) is 1. The molecule has 0 spiro atoms. The number of carbonyl (C=O) groups is 1. The molecule has 1 amide bonds. The molecule has 0 aromatic heterocycles. The van der Waals surface area contributed by atoms with E-state index in [1.165, 1.54) is 0 Å². The Morgan fingerprint density at radius 3 is 2.65 bits per heavy atom. The molecular weight excluding hydrogens is 280 g/mol. The van der Waals surface area contributed by atoms with E-state index in [9.17, 15) is 4.79 Å². The van der Waals surface area contributed by atoms with Gasteiger partial charge in [0.1, 0.15) is 0 Å². The fourth-order valence-corrected chi connectivity index (χ4v) is 2.05. The molecule has 1 aromatic carbocycles. The van der Waals surface area contributed by atoms with Gasteiger partial charge in [0.15, 0.2) is 0 Å². The topological polar surface area (TPSA) is 55.1 Å². The number of carbonyl (C=O) groups excluding carboxylic acids is 1. The highest BCUT2D eigenvalue weighted by molar-refractivity contribution is 9.10. The molecule has 0 saturated carbocycles. The van der Waals surface area contributed by atoms with Crippen LogP contribution in [-0.2, 0) is 4.79 Å². The van der Waals surface area contributed by atoms with Gasteiger partial charge in [0.2, 0.25) is 5.91 Å². The lowest BCUT2D eigenvalue weighted by Crippen LogP contribution is -2.51. The molecule has 1 unspecified atom stereocenters. The number of halogens is 1. The van der Waals surface area contributed by atoms with Gasteiger partial charge >= 0.3 is 0 Å². The van der Waals surface area contributed by atoms with Crippen molar-refractivity contribution in [3.05, 3.63) is 34.3 Å². The second-order valence-corrected chi connectivity index (χ2v) is 5.34. The van der Waals surface area contributed by atoms with E-state index in [1.54, 1.807) is 6.92 Å². The quantitative estimate of drug-likeness (QED) is 0.898. The first-order valence-electron chi connectivity index (χ1n) is 5.72. The van der Waals surface area contributed by atoms with Crippen molar-refractivity contribution in [2.24, 2.45) is 5.73 Å². The lowest BCUT2D eigenvalue weighted by molar-refractivity contribution is -0.126. The number of amides is 1. The Morgan fingerprint density at radius 2 is 2.12 bits per heavy atom. The lowest BCUT2D eigenvalue weighted by Gasteiger charge is -2.25. The van der Waals surface area contributed by atoms with Crippen LogP contribution in [0, 0.1) is 0 Å². The van der Waals surface area contributed by atoms with Crippen LogP contribution >= 0.6 is 15.9 Å². The van der Waals surface area contributed by atoms with Crippen molar-refractivity contribution in [3.8, 4) is 0 Å². The van der Waals surface area contributed by atoms with E-state index in [-0.39, 0.29) is 11.9 Å². The third kappa shape index (κ3) is 3.54. The molecule has 0 aliphatic heterocycles. The van der Waals surface area contributed by atoms with Crippen LogP contribution in [0.25, 0.3) is 0 Å². The predicted molar refractivity (Wildman–Crippen MR) is 73.6 cm³/mol. The average Bonchev–Trinajstić information content (AvgIpc) is 2.29. The van der Waals surface area contributed by atoms with Crippen LogP contribution in [0.15, 0.2) is 28.7 Å². The Morgan fingerprint density at radius 1 is 1.53 bits per heavy atom. The van der Waals surface area contributed by atoms with Crippen LogP contribution in [0.2, 0.25) is 0 Å². The smallest absolute Gasteiger partial charge is 0.240 e. The van der Waals surface area contributed by atoms with Crippen molar-refractivity contribution in [1.29, 1.82) is 0 Å². The summed E-state index contributed by atoms with van der Waals surface area (Å²) in [7, 11) is 0. The fourth-order valence-electron chi connectivity index (χ4n) is 1.43. The molecule has 0 heterocycles. The third-order valence-corrected chi connectivity index (χ3v) is 3.69. The molecule has 0 aliphatic rings. The van der Waals surface area contributed by atoms with Gasteiger partial charge in [-0.15, -0.1) is 0 Å². The fraction of sp³-hybridized carbons (Fsp3) is 0.462. The van der Waals surface area contributed by atoms with E-state index in [2.05, 4.69) is 21.2 Å². The van der Waals surface area contributed by atoms with Gasteiger partial charge in [0, 0.05) is 4.47 Å². The summed E-state index contributed by atoms with van der Waals surface area (Å²) in [6, 6.07) is 7.77. The highest BCUT2D eigenvalue weighted by atomic mass is 79.9. The Labute approximate surface area is 111 Å². The van der Waals surface area contributed by atoms with Crippen LogP contribution < -0.4 is 11.1 Å². The van der Waals surface area contributed by atoms with E-state index in [0.29, 0.717) is 6.42 Å². The first kappa shape index (κ1) is 14.2. The normalized spacial score (nSPS) is 16.1. The summed E-state index contributed by atoms with van der Waals surface area (Å²) in [5.41, 5.74) is 6.14. The first-order chi connectivity index (χ1) is 7.88. The molecule has 3 N–H and O–H groups in total. The Kier molecular flexibility index (Phi) is 4.71. The molecule has 0 fully saturated rings. The Hall–Kier alpha value is -0.870. The van der Waals surface area contributed by atoms with Crippen LogP contribution in [0.4, 0.5) is 0 Å². The van der Waals surface area contributed by atoms with Gasteiger partial charge in [-0.2, -0.15) is 0 Å². The monoisotopic (exact) mass is 298 g/mol. The van der Waals surface area contributed by atoms with Crippen molar-refractivity contribution >= 4 is 21.8 Å². The molecule has 0 saturated heterocycles. The highest BCUT2D eigenvalue weighted by Gasteiger charge is 2.27. The van der Waals surface area contributed by atoms with Crippen LogP contribution in [0.3, 0.4) is 0 Å². The first-order valence-corrected chi connectivity index (χ1v) is 6.52. The maximum atomic E-state index is 11.9. The van der Waals surface area contributed by atoms with Gasteiger partial charge in [0.05, 0.1) is 11.6 Å². The molecule has 4 heteroatoms. The molecule has 1 rings (SSSR count). The zero-order valence-electron chi connectivity index (χ0n) is 10.5. The predicted octanol–water partition coefficient (Wildman–Crippen LogP) is 2.75. The van der Waals surface area contributed by atoms with Crippen molar-refractivity contribution in [1.82, 2.24) is 5.32 Å². The number of hydrogen-bond acceptors (Lipinski definition) is 2. The van der Waals surface area contributed by atoms with Crippen LogP contribution in [-0.4, -0.2) is 11.4 Å². The van der Waals surface area contributed by atoms with Gasteiger partial charge in [0.25, 0.3) is 0 Å². The van der Waals surface area contributed by atoms with Crippen molar-refractivity contribution in [2.75, 3.05) is 0 Å². The Bertz CT molecular complexity index is 404. The maximum Gasteiger partial charge on any atom is 0.240 e. The summed E-state index contributed by atoms with van der Waals surface area (Å²) in [5.74, 6) is -0.122. The highest BCUT2D eigenvalue weighted by Crippen LogP contribution is 2.23. The molecule has 0 aliphatic carbocycles. The van der Waals surface area contributed by atoms with Crippen molar-refractivity contribution < 1.29 is 4.79 Å². The number of hydrogen-bond donors (Lipinski definition) is 2. The zero-order valence-corrected chi connectivity index (χ0v) is 12.0. The van der Waals surface area contributed by atoms with E-state index < -0.39 is 5.54 Å². The second-order valence-electron chi connectivity index (χ2n) is 4.49. The zero-order chi connectivity index (χ0) is 13.1. The van der Waals surface area contributed by atoms with Crippen LogP contribution in [0.5, 0.6) is 0 Å². The van der Waals surface area contributed by atoms with Crippen LogP contribution in [0.1, 0.15) is 38.8 Å². The minimum absolute atomic E-state index is 0.0625. The molecule has 0 bridgehead atoms. The molecule has 94 valence electrons. The SMILES string of the molecule is CCC(C)(N)C(=O)N[C@H](C)c1ccccc1Br. The third-order valence-electron chi connectivity index (χ3n) is 2.97. The van der Waals surface area contributed by atoms with Gasteiger partial charge in [-0.05, 0) is 31.9 Å². The maximum absolute atomic E-state index is 11.9. The van der Waals surface area contributed by atoms with Gasteiger partial charge in [-0.25, -0.2) is 0 Å². The summed E-state index contributed by atoms with van der Waals surface area (Å²) in [5, 5.41) is 2.93. The minimum Gasteiger partial charge on any atom is -0.348 e. The summed E-state index contributed by atoms with van der Waals surface area (Å²) >= 11 is 3.47. The van der Waals surface area contributed by atoms with E-state index in [0.717, 1.165) is 10.0 Å². The summed E-state index contributed by atoms with van der Waals surface area (Å²) in [4.78, 5) is 11.9. The molecule has 2 atom stereocenters. The molecule has 17 heavy (non-hydrogen) atoms. The van der Waals surface area contributed by atoms with E-state index in [4.69, 9.17) is 5.73 Å². The molecule has 0 radical (unpaired) electrons. The molecule has 1 aromatic rings. The largest absolute Gasteiger partial charge is 0.348 e. The minimum atomic E-state index is -0.810. The van der Waals surface area contributed by atoms with Crippen molar-refractivity contribution in [3.63, 3.8) is 0 Å². The number of nitrogens with one attached hydrogen (secondary N) is 1. The summed E-state index contributed by atoms with van der Waals surface area (Å²) < 4.78 is 0.989. The number of rotatable bonds is 4. The standard InChI is InChI=1S/C13H19BrN2O/c1-4-13(3,15)12(17)16-9(2)10-7-5-6-8-11(10)14/h5-9H,4,15H2,1-3H3,(H,16,17)/t9-,13?/m1/s1. The van der Waals surface area contributed by atoms with E-state index in [1.807, 2.05) is 38.1 Å². The molecule has 3 nitrogen and oxygen atoms in total. The number of benzene rings is 1. The van der Waals surface area contributed by atoms with Gasteiger partial charge in [-0.3, -0.25) is 4.79 Å². The Balaban J connectivity index is 2.77. The average molecular weight is 299 g/mol. The van der Waals surface area contributed by atoms with E-state index >= 15 is 0 Å². The summed E-state index contributed by atoms with van der Waals surface area (Å²) in [6.45, 7) is 5.60. The van der Waals surface area contributed by atoms with Gasteiger partial charge < -0.3 is 11.1 Å². The van der Waals surface area contributed by atoms with Crippen molar-refractivity contribution in [2.45, 2.75) is 38.8 Å². The lowest BCUT2D eigenvalue weighted by atomic mass is 9.98.